The second kappa shape index (κ2) is 4.97. The normalized spacial score (nSPS) is 12.3. The Kier molecular flexibility index (Phi) is 3.38. The molecule has 0 aliphatic rings. The Balaban J connectivity index is 2.25. The highest BCUT2D eigenvalue weighted by Gasteiger charge is 2.07. The van der Waals surface area contributed by atoms with Crippen molar-refractivity contribution in [2.75, 3.05) is 0 Å². The molecule has 1 amide bonds. The van der Waals surface area contributed by atoms with Crippen LogP contribution in [0, 0.1) is 0 Å². The molecule has 0 fully saturated rings. The molecule has 0 radical (unpaired) electrons. The number of nitrogens with zero attached hydrogens (tertiary/aromatic N) is 3. The summed E-state index contributed by atoms with van der Waals surface area (Å²) in [5.41, 5.74) is 13.0. The van der Waals surface area contributed by atoms with Crippen LogP contribution in [0.5, 0.6) is 0 Å². The minimum Gasteiger partial charge on any atom is -0.366 e. The van der Waals surface area contributed by atoms with E-state index in [-0.39, 0.29) is 6.04 Å². The molecule has 0 bridgehead atoms. The summed E-state index contributed by atoms with van der Waals surface area (Å²) >= 11 is 0. The summed E-state index contributed by atoms with van der Waals surface area (Å²) in [5.74, 6) is -0.501. The van der Waals surface area contributed by atoms with E-state index in [9.17, 15) is 4.79 Å². The molecule has 0 spiro atoms. The fourth-order valence-corrected chi connectivity index (χ4v) is 1.55. The number of carbonyl (C=O) groups excluding carboxylic acids is 1. The predicted octanol–water partition coefficient (Wildman–Crippen LogP) is 0.776. The third kappa shape index (κ3) is 2.38. The van der Waals surface area contributed by atoms with Crippen molar-refractivity contribution in [2.24, 2.45) is 11.5 Å². The largest absolute Gasteiger partial charge is 0.366 e. The molecule has 6 nitrogen and oxygen atoms in total. The standard InChI is InChI=1S/C12H15N5O/c1-2-10(13)11-4-3-9(6-15-11)17-7-8(5-16-17)12(14)18/h3-7,10H,2,13H2,1H3,(H2,14,18)/t10-/m0/s1. The lowest BCUT2D eigenvalue weighted by atomic mass is 10.1. The molecular weight excluding hydrogens is 230 g/mol. The number of nitrogens with two attached hydrogens (primary N) is 2. The third-order valence-electron chi connectivity index (χ3n) is 2.72. The summed E-state index contributed by atoms with van der Waals surface area (Å²) < 4.78 is 1.55. The van der Waals surface area contributed by atoms with Crippen LogP contribution in [0.3, 0.4) is 0 Å². The summed E-state index contributed by atoms with van der Waals surface area (Å²) in [6.45, 7) is 2.01. The summed E-state index contributed by atoms with van der Waals surface area (Å²) in [6, 6.07) is 3.66. The number of pyridine rings is 1. The fraction of sp³-hybridized carbons (Fsp3) is 0.250. The molecule has 2 aromatic rings. The van der Waals surface area contributed by atoms with Gasteiger partial charge >= 0.3 is 0 Å². The van der Waals surface area contributed by atoms with Gasteiger partial charge in [-0.05, 0) is 18.6 Å². The van der Waals surface area contributed by atoms with Gasteiger partial charge in [0.2, 0.25) is 0 Å². The first kappa shape index (κ1) is 12.3. The van der Waals surface area contributed by atoms with Gasteiger partial charge in [-0.3, -0.25) is 9.78 Å². The average Bonchev–Trinajstić information content (AvgIpc) is 2.88. The fourth-order valence-electron chi connectivity index (χ4n) is 1.55. The summed E-state index contributed by atoms with van der Waals surface area (Å²) in [6.07, 6.45) is 5.50. The van der Waals surface area contributed by atoms with Gasteiger partial charge in [-0.1, -0.05) is 6.92 Å². The van der Waals surface area contributed by atoms with E-state index in [1.54, 1.807) is 17.1 Å². The lowest BCUT2D eigenvalue weighted by Gasteiger charge is -2.08. The van der Waals surface area contributed by atoms with Gasteiger partial charge in [0.25, 0.3) is 5.91 Å². The zero-order chi connectivity index (χ0) is 13.1. The van der Waals surface area contributed by atoms with Crippen LogP contribution in [0.2, 0.25) is 0 Å². The second-order valence-electron chi connectivity index (χ2n) is 3.99. The molecule has 0 aliphatic heterocycles. The zero-order valence-electron chi connectivity index (χ0n) is 10.1. The summed E-state index contributed by atoms with van der Waals surface area (Å²) in [7, 11) is 0. The molecule has 0 aromatic carbocycles. The molecule has 94 valence electrons. The van der Waals surface area contributed by atoms with E-state index in [0.717, 1.165) is 17.8 Å². The van der Waals surface area contributed by atoms with Gasteiger partial charge < -0.3 is 11.5 Å². The number of rotatable bonds is 4. The maximum Gasteiger partial charge on any atom is 0.251 e. The second-order valence-corrected chi connectivity index (χ2v) is 3.99. The molecule has 4 N–H and O–H groups in total. The molecular formula is C12H15N5O. The third-order valence-corrected chi connectivity index (χ3v) is 2.72. The van der Waals surface area contributed by atoms with Crippen LogP contribution in [-0.2, 0) is 0 Å². The van der Waals surface area contributed by atoms with E-state index >= 15 is 0 Å². The minimum atomic E-state index is -0.501. The quantitative estimate of drug-likeness (QED) is 0.831. The van der Waals surface area contributed by atoms with Gasteiger partial charge in [0, 0.05) is 12.2 Å². The Morgan fingerprint density at radius 3 is 2.72 bits per heavy atom. The molecule has 6 heteroatoms. The molecule has 1 atom stereocenters. The topological polar surface area (TPSA) is 99.8 Å². The van der Waals surface area contributed by atoms with Crippen LogP contribution in [-0.4, -0.2) is 20.7 Å². The van der Waals surface area contributed by atoms with Crippen LogP contribution < -0.4 is 11.5 Å². The van der Waals surface area contributed by atoms with Crippen LogP contribution in [0.1, 0.15) is 35.4 Å². The van der Waals surface area contributed by atoms with Crippen molar-refractivity contribution in [3.8, 4) is 5.69 Å². The molecule has 0 saturated carbocycles. The Bertz CT molecular complexity index is 546. The first-order chi connectivity index (χ1) is 8.61. The lowest BCUT2D eigenvalue weighted by molar-refractivity contribution is 0.100. The highest BCUT2D eigenvalue weighted by Crippen LogP contribution is 2.13. The van der Waals surface area contributed by atoms with Crippen LogP contribution in [0.15, 0.2) is 30.7 Å². The van der Waals surface area contributed by atoms with Gasteiger partial charge in [0.05, 0.1) is 29.3 Å². The molecule has 0 saturated heterocycles. The van der Waals surface area contributed by atoms with E-state index in [1.165, 1.54) is 6.20 Å². The van der Waals surface area contributed by atoms with Crippen LogP contribution >= 0.6 is 0 Å². The first-order valence-electron chi connectivity index (χ1n) is 5.68. The van der Waals surface area contributed by atoms with Gasteiger partial charge in [-0.25, -0.2) is 4.68 Å². The predicted molar refractivity (Wildman–Crippen MR) is 67.1 cm³/mol. The Morgan fingerprint density at radius 2 is 2.22 bits per heavy atom. The van der Waals surface area contributed by atoms with Crippen molar-refractivity contribution in [3.05, 3.63) is 42.0 Å². The first-order valence-corrected chi connectivity index (χ1v) is 5.68. The van der Waals surface area contributed by atoms with Crippen molar-refractivity contribution in [3.63, 3.8) is 0 Å². The maximum absolute atomic E-state index is 11.0. The molecule has 2 heterocycles. The van der Waals surface area contributed by atoms with E-state index in [2.05, 4.69) is 10.1 Å². The highest BCUT2D eigenvalue weighted by molar-refractivity contribution is 5.92. The van der Waals surface area contributed by atoms with Crippen LogP contribution in [0.25, 0.3) is 5.69 Å². The smallest absolute Gasteiger partial charge is 0.251 e. The number of amides is 1. The highest BCUT2D eigenvalue weighted by atomic mass is 16.1. The van der Waals surface area contributed by atoms with Gasteiger partial charge in [-0.15, -0.1) is 0 Å². The monoisotopic (exact) mass is 245 g/mol. The van der Waals surface area contributed by atoms with Gasteiger partial charge in [-0.2, -0.15) is 5.10 Å². The maximum atomic E-state index is 11.0. The van der Waals surface area contributed by atoms with E-state index in [0.29, 0.717) is 5.56 Å². The number of carbonyl (C=O) groups is 1. The molecule has 2 aromatic heterocycles. The molecule has 18 heavy (non-hydrogen) atoms. The number of aromatic nitrogens is 3. The van der Waals surface area contributed by atoms with Crippen LogP contribution in [0.4, 0.5) is 0 Å². The number of primary amides is 1. The summed E-state index contributed by atoms with van der Waals surface area (Å²) in [4.78, 5) is 15.2. The lowest BCUT2D eigenvalue weighted by Crippen LogP contribution is -2.11. The van der Waals surface area contributed by atoms with Gasteiger partial charge in [0.15, 0.2) is 0 Å². The Morgan fingerprint density at radius 1 is 1.44 bits per heavy atom. The molecule has 0 aliphatic carbocycles. The molecule has 2 rings (SSSR count). The van der Waals surface area contributed by atoms with Crippen molar-refractivity contribution in [1.29, 1.82) is 0 Å². The van der Waals surface area contributed by atoms with E-state index in [4.69, 9.17) is 11.5 Å². The van der Waals surface area contributed by atoms with Gasteiger partial charge in [0.1, 0.15) is 0 Å². The van der Waals surface area contributed by atoms with E-state index < -0.39 is 5.91 Å². The minimum absolute atomic E-state index is 0.0575. The Labute approximate surface area is 105 Å². The zero-order valence-corrected chi connectivity index (χ0v) is 10.1. The number of hydrogen-bond acceptors (Lipinski definition) is 4. The van der Waals surface area contributed by atoms with E-state index in [1.807, 2.05) is 19.1 Å². The SMILES string of the molecule is CC[C@H](N)c1ccc(-n2cc(C(N)=O)cn2)cn1. The number of hydrogen-bond donors (Lipinski definition) is 2. The Hall–Kier alpha value is -2.21. The van der Waals surface area contributed by atoms with Crippen molar-refractivity contribution in [1.82, 2.24) is 14.8 Å². The van der Waals surface area contributed by atoms with Crippen molar-refractivity contribution >= 4 is 5.91 Å². The average molecular weight is 245 g/mol. The van der Waals surface area contributed by atoms with Crippen molar-refractivity contribution in [2.45, 2.75) is 19.4 Å². The molecule has 0 unspecified atom stereocenters. The van der Waals surface area contributed by atoms with Crippen molar-refractivity contribution < 1.29 is 4.79 Å². The summed E-state index contributed by atoms with van der Waals surface area (Å²) in [5, 5.41) is 4.05.